The lowest BCUT2D eigenvalue weighted by Crippen LogP contribution is -2.08. The molecule has 25 heavy (non-hydrogen) atoms. The van der Waals surface area contributed by atoms with Crippen LogP contribution in [-0.2, 0) is 0 Å². The Kier molecular flexibility index (Phi) is 3.58. The Labute approximate surface area is 147 Å². The number of halogens is 2. The first-order chi connectivity index (χ1) is 12.0. The predicted octanol–water partition coefficient (Wildman–Crippen LogP) is 3.97. The van der Waals surface area contributed by atoms with E-state index in [2.05, 4.69) is 9.97 Å². The van der Waals surface area contributed by atoms with Crippen LogP contribution in [0.3, 0.4) is 0 Å². The molecule has 0 saturated heterocycles. The Balaban J connectivity index is 1.86. The molecule has 0 radical (unpaired) electrons. The second-order valence-electron chi connectivity index (χ2n) is 6.08. The van der Waals surface area contributed by atoms with E-state index in [1.54, 1.807) is 12.1 Å². The minimum absolute atomic E-state index is 0.0159. The first kappa shape index (κ1) is 15.8. The number of carbonyl (C=O) groups excluding carboxylic acids is 1. The molecule has 1 aliphatic carbocycles. The maximum atomic E-state index is 13.7. The number of rotatable bonds is 3. The number of nitrogen functional groups attached to an aromatic ring is 1. The number of Topliss-reactive ketones (excluding diaryl/α,β-unsaturated/α-hetero) is 1. The summed E-state index contributed by atoms with van der Waals surface area (Å²) in [5, 5.41) is 9.34. The molecule has 7 heteroatoms. The van der Waals surface area contributed by atoms with Crippen molar-refractivity contribution in [2.45, 2.75) is 12.8 Å². The highest BCUT2D eigenvalue weighted by molar-refractivity contribution is 6.32. The van der Waals surface area contributed by atoms with Crippen LogP contribution >= 0.6 is 11.6 Å². The fraction of sp³-hybridized carbons (Fsp3) is 0.167. The third-order valence-corrected chi connectivity index (χ3v) is 4.57. The molecular weight excluding hydrogens is 345 g/mol. The van der Waals surface area contributed by atoms with Gasteiger partial charge in [0.1, 0.15) is 5.52 Å². The quantitative estimate of drug-likeness (QED) is 0.692. The van der Waals surface area contributed by atoms with Crippen LogP contribution in [0.25, 0.3) is 22.3 Å². The van der Waals surface area contributed by atoms with E-state index in [0.29, 0.717) is 27.9 Å². The Hall–Kier alpha value is -2.73. The van der Waals surface area contributed by atoms with Gasteiger partial charge < -0.3 is 10.8 Å². The minimum Gasteiger partial charge on any atom is -0.504 e. The van der Waals surface area contributed by atoms with Crippen molar-refractivity contribution >= 4 is 34.1 Å². The molecule has 2 aromatic heterocycles. The summed E-state index contributed by atoms with van der Waals surface area (Å²) in [5.74, 6) is -1.44. The van der Waals surface area contributed by atoms with Gasteiger partial charge in [0.25, 0.3) is 0 Å². The van der Waals surface area contributed by atoms with Gasteiger partial charge in [-0.25, -0.2) is 9.37 Å². The van der Waals surface area contributed by atoms with Crippen LogP contribution in [0.1, 0.15) is 23.2 Å². The summed E-state index contributed by atoms with van der Waals surface area (Å²) >= 11 is 5.83. The van der Waals surface area contributed by atoms with Gasteiger partial charge in [-0.3, -0.25) is 9.78 Å². The molecule has 1 fully saturated rings. The number of anilines is 1. The molecule has 0 unspecified atom stereocenters. The number of phenolic OH excluding ortho intramolecular Hbond substituents is 1. The van der Waals surface area contributed by atoms with Crippen LogP contribution in [0.5, 0.6) is 5.75 Å². The van der Waals surface area contributed by atoms with Crippen molar-refractivity contribution in [3.05, 3.63) is 46.9 Å². The molecule has 3 N–H and O–H groups in total. The van der Waals surface area contributed by atoms with E-state index in [-0.39, 0.29) is 22.4 Å². The van der Waals surface area contributed by atoms with E-state index < -0.39 is 11.6 Å². The van der Waals surface area contributed by atoms with E-state index in [4.69, 9.17) is 17.3 Å². The average molecular weight is 358 g/mol. The lowest BCUT2D eigenvalue weighted by atomic mass is 10.1. The molecule has 3 aromatic rings. The zero-order chi connectivity index (χ0) is 17.7. The summed E-state index contributed by atoms with van der Waals surface area (Å²) < 4.78 is 13.7. The fourth-order valence-corrected chi connectivity index (χ4v) is 2.93. The van der Waals surface area contributed by atoms with Crippen molar-refractivity contribution in [2.75, 3.05) is 5.73 Å². The highest BCUT2D eigenvalue weighted by atomic mass is 35.5. The minimum atomic E-state index is -0.840. The number of phenols is 1. The summed E-state index contributed by atoms with van der Waals surface area (Å²) in [6, 6.07) is 5.90. The third-order valence-electron chi connectivity index (χ3n) is 4.28. The number of aromatic nitrogens is 2. The molecule has 0 spiro atoms. The van der Waals surface area contributed by atoms with Gasteiger partial charge in [-0.2, -0.15) is 0 Å². The molecule has 126 valence electrons. The highest BCUT2D eigenvalue weighted by Gasteiger charge is 2.32. The second-order valence-corrected chi connectivity index (χ2v) is 6.48. The molecule has 0 amide bonds. The molecule has 1 aliphatic rings. The van der Waals surface area contributed by atoms with Gasteiger partial charge in [0.15, 0.2) is 17.3 Å². The third kappa shape index (κ3) is 2.68. The number of benzene rings is 1. The van der Waals surface area contributed by atoms with Gasteiger partial charge in [0, 0.05) is 17.7 Å². The SMILES string of the molecule is Nc1c(C(=O)C2CC2)cnc2ccc(-c3cc(F)c(O)c(Cl)c3)nc12. The molecule has 2 heterocycles. The van der Waals surface area contributed by atoms with Crippen LogP contribution in [0.15, 0.2) is 30.5 Å². The van der Waals surface area contributed by atoms with Crippen LogP contribution in [0.2, 0.25) is 5.02 Å². The number of hydrogen-bond acceptors (Lipinski definition) is 5. The normalized spacial score (nSPS) is 14.0. The molecule has 0 atom stereocenters. The van der Waals surface area contributed by atoms with Crippen LogP contribution < -0.4 is 5.73 Å². The molecule has 1 saturated carbocycles. The Morgan fingerprint density at radius 2 is 2.08 bits per heavy atom. The van der Waals surface area contributed by atoms with Gasteiger partial charge in [-0.1, -0.05) is 11.6 Å². The fourth-order valence-electron chi connectivity index (χ4n) is 2.72. The lowest BCUT2D eigenvalue weighted by molar-refractivity contribution is 0.0968. The van der Waals surface area contributed by atoms with Gasteiger partial charge in [-0.05, 0) is 37.1 Å². The highest BCUT2D eigenvalue weighted by Crippen LogP contribution is 2.36. The summed E-state index contributed by atoms with van der Waals surface area (Å²) in [4.78, 5) is 21.0. The molecule has 5 nitrogen and oxygen atoms in total. The first-order valence-electron chi connectivity index (χ1n) is 7.73. The lowest BCUT2D eigenvalue weighted by Gasteiger charge is -2.09. The molecule has 1 aromatic carbocycles. The molecular formula is C18H13ClFN3O2. The number of nitrogens with two attached hydrogens (primary N) is 1. The number of carbonyl (C=O) groups is 1. The number of hydrogen-bond donors (Lipinski definition) is 2. The summed E-state index contributed by atoms with van der Waals surface area (Å²) in [7, 11) is 0. The van der Waals surface area contributed by atoms with E-state index in [1.807, 2.05) is 0 Å². The van der Waals surface area contributed by atoms with E-state index in [0.717, 1.165) is 18.9 Å². The Morgan fingerprint density at radius 1 is 1.32 bits per heavy atom. The number of pyridine rings is 2. The monoisotopic (exact) mass is 357 g/mol. The first-order valence-corrected chi connectivity index (χ1v) is 8.11. The van der Waals surface area contributed by atoms with Crippen molar-refractivity contribution < 1.29 is 14.3 Å². The van der Waals surface area contributed by atoms with E-state index >= 15 is 0 Å². The smallest absolute Gasteiger partial charge is 0.170 e. The number of ketones is 1. The van der Waals surface area contributed by atoms with Gasteiger partial charge in [-0.15, -0.1) is 0 Å². The topological polar surface area (TPSA) is 89.1 Å². The standard InChI is InChI=1S/C18H13ClFN3O2/c19-11-5-9(6-12(20)18(11)25)13-3-4-14-16(23-13)15(21)10(7-22-14)17(24)8-1-2-8/h3-8,25H,1-2H2,(H2,21,22). The molecule has 0 aliphatic heterocycles. The Morgan fingerprint density at radius 3 is 2.76 bits per heavy atom. The zero-order valence-corrected chi connectivity index (χ0v) is 13.7. The average Bonchev–Trinajstić information content (AvgIpc) is 3.44. The van der Waals surface area contributed by atoms with Gasteiger partial charge in [0.2, 0.25) is 0 Å². The number of fused-ring (bicyclic) bond motifs is 1. The van der Waals surface area contributed by atoms with Crippen molar-refractivity contribution in [1.29, 1.82) is 0 Å². The van der Waals surface area contributed by atoms with Gasteiger partial charge in [0.05, 0.1) is 27.5 Å². The van der Waals surface area contributed by atoms with Gasteiger partial charge >= 0.3 is 0 Å². The summed E-state index contributed by atoms with van der Waals surface area (Å²) in [6.07, 6.45) is 3.22. The van der Waals surface area contributed by atoms with Crippen molar-refractivity contribution in [1.82, 2.24) is 9.97 Å². The number of aromatic hydroxyl groups is 1. The van der Waals surface area contributed by atoms with Crippen molar-refractivity contribution in [2.24, 2.45) is 5.92 Å². The summed E-state index contributed by atoms with van der Waals surface area (Å²) in [5.41, 5.74) is 8.52. The van der Waals surface area contributed by atoms with Crippen LogP contribution in [0, 0.1) is 11.7 Å². The maximum absolute atomic E-state index is 13.7. The molecule has 0 bridgehead atoms. The zero-order valence-electron chi connectivity index (χ0n) is 13.0. The van der Waals surface area contributed by atoms with Crippen molar-refractivity contribution in [3.8, 4) is 17.0 Å². The predicted molar refractivity (Wildman–Crippen MR) is 93.1 cm³/mol. The van der Waals surface area contributed by atoms with Crippen LogP contribution in [-0.4, -0.2) is 20.9 Å². The van der Waals surface area contributed by atoms with E-state index in [9.17, 15) is 14.3 Å². The Bertz CT molecular complexity index is 1010. The maximum Gasteiger partial charge on any atom is 0.170 e. The molecule has 4 rings (SSSR count). The van der Waals surface area contributed by atoms with E-state index in [1.165, 1.54) is 12.3 Å². The second kappa shape index (κ2) is 5.67. The van der Waals surface area contributed by atoms with Crippen LogP contribution in [0.4, 0.5) is 10.1 Å². The summed E-state index contributed by atoms with van der Waals surface area (Å²) in [6.45, 7) is 0. The largest absolute Gasteiger partial charge is 0.504 e. The van der Waals surface area contributed by atoms with Crippen molar-refractivity contribution in [3.63, 3.8) is 0 Å². The number of nitrogens with zero attached hydrogens (tertiary/aromatic N) is 2.